The van der Waals surface area contributed by atoms with Crippen LogP contribution in [0.1, 0.15) is 26.3 Å². The summed E-state index contributed by atoms with van der Waals surface area (Å²) in [4.78, 5) is 23.4. The van der Waals surface area contributed by atoms with Crippen molar-refractivity contribution >= 4 is 17.5 Å². The molecule has 0 aliphatic rings. The van der Waals surface area contributed by atoms with Gasteiger partial charge in [-0.2, -0.15) is 5.26 Å². The van der Waals surface area contributed by atoms with Gasteiger partial charge in [0, 0.05) is 14.0 Å². The van der Waals surface area contributed by atoms with Crippen LogP contribution in [0.5, 0.6) is 0 Å². The standard InChI is InChI=1S/C15H19N5O2/c1-10(2)14(17-11(3)21)15(22)20(4)19-18-13-7-5-12(9-16)6-8-13/h5-8,10,14H,1-4H3,(H,17,21)/t14-/m0/s1. The fraction of sp³-hybridized carbons (Fsp3) is 0.400. The number of nitriles is 1. The number of amides is 2. The molecule has 0 heterocycles. The molecule has 0 saturated heterocycles. The van der Waals surface area contributed by atoms with Crippen molar-refractivity contribution in [2.45, 2.75) is 26.8 Å². The third-order valence-electron chi connectivity index (χ3n) is 2.90. The van der Waals surface area contributed by atoms with Gasteiger partial charge in [-0.3, -0.25) is 9.59 Å². The third kappa shape index (κ3) is 4.98. The van der Waals surface area contributed by atoms with Crippen molar-refractivity contribution in [2.24, 2.45) is 16.3 Å². The first-order valence-electron chi connectivity index (χ1n) is 6.81. The van der Waals surface area contributed by atoms with Gasteiger partial charge in [0.15, 0.2) is 0 Å². The largest absolute Gasteiger partial charge is 0.344 e. The number of carbonyl (C=O) groups is 2. The minimum atomic E-state index is -0.651. The van der Waals surface area contributed by atoms with Gasteiger partial charge >= 0.3 is 0 Å². The molecule has 1 atom stereocenters. The average molecular weight is 301 g/mol. The topological polar surface area (TPSA) is 97.9 Å². The molecule has 0 fully saturated rings. The first-order chi connectivity index (χ1) is 10.3. The predicted octanol–water partition coefficient (Wildman–Crippen LogP) is 2.18. The maximum Gasteiger partial charge on any atom is 0.266 e. The Kier molecular flexibility index (Phi) is 6.20. The van der Waals surface area contributed by atoms with E-state index in [0.717, 1.165) is 5.01 Å². The lowest BCUT2D eigenvalue weighted by Crippen LogP contribution is -2.48. The second-order valence-electron chi connectivity index (χ2n) is 5.13. The van der Waals surface area contributed by atoms with E-state index < -0.39 is 6.04 Å². The number of hydrogen-bond acceptors (Lipinski definition) is 5. The first-order valence-corrected chi connectivity index (χ1v) is 6.81. The molecule has 0 aliphatic carbocycles. The molecule has 0 aromatic heterocycles. The van der Waals surface area contributed by atoms with Crippen LogP contribution in [-0.2, 0) is 9.59 Å². The van der Waals surface area contributed by atoms with Crippen molar-refractivity contribution < 1.29 is 9.59 Å². The highest BCUT2D eigenvalue weighted by Crippen LogP contribution is 2.14. The van der Waals surface area contributed by atoms with Crippen LogP contribution in [0.15, 0.2) is 34.6 Å². The molecule has 1 aromatic rings. The van der Waals surface area contributed by atoms with Crippen molar-refractivity contribution in [3.05, 3.63) is 29.8 Å². The number of nitrogens with one attached hydrogen (secondary N) is 1. The molecule has 0 aliphatic heterocycles. The molecule has 7 heteroatoms. The van der Waals surface area contributed by atoms with E-state index in [1.54, 1.807) is 24.3 Å². The fourth-order valence-electron chi connectivity index (χ4n) is 1.70. The molecule has 0 spiro atoms. The van der Waals surface area contributed by atoms with E-state index in [2.05, 4.69) is 15.7 Å². The molecular formula is C15H19N5O2. The van der Waals surface area contributed by atoms with Crippen LogP contribution in [0.4, 0.5) is 5.69 Å². The van der Waals surface area contributed by atoms with E-state index in [-0.39, 0.29) is 17.7 Å². The molecule has 116 valence electrons. The van der Waals surface area contributed by atoms with Crippen LogP contribution in [0.3, 0.4) is 0 Å². The molecule has 22 heavy (non-hydrogen) atoms. The van der Waals surface area contributed by atoms with Crippen molar-refractivity contribution in [3.63, 3.8) is 0 Å². The Bertz CT molecular complexity index is 601. The zero-order valence-corrected chi connectivity index (χ0v) is 13.1. The summed E-state index contributed by atoms with van der Waals surface area (Å²) >= 11 is 0. The highest BCUT2D eigenvalue weighted by molar-refractivity contribution is 5.86. The Morgan fingerprint density at radius 3 is 2.32 bits per heavy atom. The number of hydrogen-bond donors (Lipinski definition) is 1. The van der Waals surface area contributed by atoms with Crippen molar-refractivity contribution in [2.75, 3.05) is 7.05 Å². The lowest BCUT2D eigenvalue weighted by molar-refractivity contribution is -0.136. The lowest BCUT2D eigenvalue weighted by atomic mass is 10.0. The van der Waals surface area contributed by atoms with Gasteiger partial charge in [0.05, 0.1) is 17.3 Å². The molecule has 0 bridgehead atoms. The maximum atomic E-state index is 12.3. The van der Waals surface area contributed by atoms with Crippen LogP contribution >= 0.6 is 0 Å². The van der Waals surface area contributed by atoms with E-state index >= 15 is 0 Å². The van der Waals surface area contributed by atoms with E-state index in [4.69, 9.17) is 5.26 Å². The van der Waals surface area contributed by atoms with Gasteiger partial charge in [-0.15, -0.1) is 5.11 Å². The molecule has 0 saturated carbocycles. The Morgan fingerprint density at radius 2 is 1.86 bits per heavy atom. The van der Waals surface area contributed by atoms with Gasteiger partial charge in [0.1, 0.15) is 6.04 Å². The van der Waals surface area contributed by atoms with Crippen molar-refractivity contribution in [3.8, 4) is 6.07 Å². The Labute approximate surface area is 129 Å². The molecule has 1 rings (SSSR count). The monoisotopic (exact) mass is 301 g/mol. The number of likely N-dealkylation sites (N-methyl/N-ethyl adjacent to an activating group) is 1. The second-order valence-corrected chi connectivity index (χ2v) is 5.13. The van der Waals surface area contributed by atoms with E-state index in [9.17, 15) is 9.59 Å². The smallest absolute Gasteiger partial charge is 0.266 e. The SMILES string of the molecule is CC(=O)N[C@H](C(=O)N(C)N=Nc1ccc(C#N)cc1)C(C)C. The number of nitrogens with zero attached hydrogens (tertiary/aromatic N) is 4. The molecule has 0 radical (unpaired) electrons. The van der Waals surface area contributed by atoms with Crippen LogP contribution in [0.25, 0.3) is 0 Å². The number of rotatable bonds is 5. The summed E-state index contributed by atoms with van der Waals surface area (Å²) in [5, 5.41) is 20.2. The maximum absolute atomic E-state index is 12.3. The van der Waals surface area contributed by atoms with Gasteiger partial charge in [-0.05, 0) is 30.2 Å². The van der Waals surface area contributed by atoms with E-state index in [1.165, 1.54) is 14.0 Å². The molecule has 1 aromatic carbocycles. The summed E-state index contributed by atoms with van der Waals surface area (Å²) in [7, 11) is 1.48. The van der Waals surface area contributed by atoms with Crippen LogP contribution in [-0.4, -0.2) is 29.9 Å². The quantitative estimate of drug-likeness (QED) is 0.666. The Morgan fingerprint density at radius 1 is 1.27 bits per heavy atom. The fourth-order valence-corrected chi connectivity index (χ4v) is 1.70. The lowest BCUT2D eigenvalue weighted by Gasteiger charge is -2.23. The summed E-state index contributed by atoms with van der Waals surface area (Å²) in [5.41, 5.74) is 1.05. The molecule has 1 N–H and O–H groups in total. The Hall–Kier alpha value is -2.75. The second kappa shape index (κ2) is 7.88. The summed E-state index contributed by atoms with van der Waals surface area (Å²) in [6.45, 7) is 5.04. The predicted molar refractivity (Wildman–Crippen MR) is 80.9 cm³/mol. The van der Waals surface area contributed by atoms with Crippen molar-refractivity contribution in [1.29, 1.82) is 5.26 Å². The third-order valence-corrected chi connectivity index (χ3v) is 2.90. The normalized spacial score (nSPS) is 12.0. The van der Waals surface area contributed by atoms with Gasteiger partial charge in [-0.25, -0.2) is 5.01 Å². The van der Waals surface area contributed by atoms with E-state index in [1.807, 2.05) is 19.9 Å². The summed E-state index contributed by atoms with van der Waals surface area (Å²) in [5.74, 6) is -0.684. The minimum absolute atomic E-state index is 0.0658. The molecule has 0 unspecified atom stereocenters. The minimum Gasteiger partial charge on any atom is -0.344 e. The van der Waals surface area contributed by atoms with E-state index in [0.29, 0.717) is 11.3 Å². The Balaban J connectivity index is 2.78. The van der Waals surface area contributed by atoms with Gasteiger partial charge in [0.2, 0.25) is 5.91 Å². The van der Waals surface area contributed by atoms with Gasteiger partial charge in [-0.1, -0.05) is 19.1 Å². The average Bonchev–Trinajstić information content (AvgIpc) is 2.49. The van der Waals surface area contributed by atoms with Crippen LogP contribution in [0, 0.1) is 17.2 Å². The van der Waals surface area contributed by atoms with Crippen LogP contribution in [0.2, 0.25) is 0 Å². The van der Waals surface area contributed by atoms with Gasteiger partial charge < -0.3 is 5.32 Å². The highest BCUT2D eigenvalue weighted by atomic mass is 16.2. The zero-order valence-electron chi connectivity index (χ0n) is 13.1. The molecular weight excluding hydrogens is 282 g/mol. The summed E-state index contributed by atoms with van der Waals surface area (Å²) in [6.07, 6.45) is 0. The zero-order chi connectivity index (χ0) is 16.7. The number of carbonyl (C=O) groups excluding carboxylic acids is 2. The van der Waals surface area contributed by atoms with Crippen molar-refractivity contribution in [1.82, 2.24) is 10.3 Å². The highest BCUT2D eigenvalue weighted by Gasteiger charge is 2.26. The first kappa shape index (κ1) is 17.3. The molecule has 2 amide bonds. The summed E-state index contributed by atoms with van der Waals surface area (Å²) in [6, 6.07) is 7.85. The van der Waals surface area contributed by atoms with Crippen LogP contribution < -0.4 is 5.32 Å². The van der Waals surface area contributed by atoms with Gasteiger partial charge in [0.25, 0.3) is 5.91 Å². The molecule has 7 nitrogen and oxygen atoms in total. The number of benzene rings is 1. The summed E-state index contributed by atoms with van der Waals surface area (Å²) < 4.78 is 0.